The largest absolute Gasteiger partial charge is 0.375 e. The summed E-state index contributed by atoms with van der Waals surface area (Å²) in [6, 6.07) is 0. The number of hydrogen-bond acceptors (Lipinski definition) is 3. The van der Waals surface area contributed by atoms with Crippen molar-refractivity contribution < 1.29 is 0 Å². The van der Waals surface area contributed by atoms with Crippen LogP contribution in [0.25, 0.3) is 0 Å². The van der Waals surface area contributed by atoms with Crippen LogP contribution in [0.1, 0.15) is 0 Å². The average molecular weight is 226 g/mol. The molecule has 0 spiro atoms. The number of rotatable bonds is 0. The van der Waals surface area contributed by atoms with Crippen LogP contribution >= 0.6 is 33.9 Å². The van der Waals surface area contributed by atoms with Crippen LogP contribution in [0.3, 0.4) is 0 Å². The van der Waals surface area contributed by atoms with Crippen LogP contribution < -0.4 is 5.73 Å². The number of nitrogens with two attached hydrogens (primary N) is 1. The van der Waals surface area contributed by atoms with Crippen molar-refractivity contribution in [3.8, 4) is 0 Å². The molecule has 0 bridgehead atoms. The first-order chi connectivity index (χ1) is 3.29. The maximum absolute atomic E-state index is 5.28. The van der Waals surface area contributed by atoms with Gasteiger partial charge in [0.15, 0.2) is 5.13 Å². The van der Waals surface area contributed by atoms with Crippen molar-refractivity contribution in [2.45, 2.75) is 0 Å². The second kappa shape index (κ2) is 1.95. The summed E-state index contributed by atoms with van der Waals surface area (Å²) in [4.78, 5) is 3.80. The van der Waals surface area contributed by atoms with Gasteiger partial charge < -0.3 is 5.73 Å². The molecule has 7 heavy (non-hydrogen) atoms. The molecule has 0 aromatic carbocycles. The van der Waals surface area contributed by atoms with Crippen LogP contribution in [-0.4, -0.2) is 4.98 Å². The Hall–Kier alpha value is 0.160. The lowest BCUT2D eigenvalue weighted by Gasteiger charge is -1.69. The lowest BCUT2D eigenvalue weighted by molar-refractivity contribution is 1.42. The SMILES string of the molecule is Nc1ncc(I)s1. The molecule has 1 rings (SSSR count). The highest BCUT2D eigenvalue weighted by molar-refractivity contribution is 14.1. The second-order valence-corrected chi connectivity index (χ2v) is 3.96. The zero-order chi connectivity index (χ0) is 5.28. The summed E-state index contributed by atoms with van der Waals surface area (Å²) in [7, 11) is 0. The Kier molecular flexibility index (Phi) is 1.48. The first-order valence-corrected chi connectivity index (χ1v) is 3.55. The maximum Gasteiger partial charge on any atom is 0.180 e. The number of nitrogen functional groups attached to an aromatic ring is 1. The topological polar surface area (TPSA) is 38.9 Å². The minimum atomic E-state index is 0.643. The molecule has 0 radical (unpaired) electrons. The van der Waals surface area contributed by atoms with E-state index in [0.29, 0.717) is 5.13 Å². The highest BCUT2D eigenvalue weighted by atomic mass is 127. The van der Waals surface area contributed by atoms with Gasteiger partial charge in [-0.3, -0.25) is 0 Å². The molecular formula is C3H3IN2S. The molecule has 0 aliphatic heterocycles. The molecule has 2 N–H and O–H groups in total. The molecule has 0 atom stereocenters. The zero-order valence-electron chi connectivity index (χ0n) is 3.39. The highest BCUT2D eigenvalue weighted by Crippen LogP contribution is 2.15. The standard InChI is InChI=1S/C3H3IN2S/c4-2-1-6-3(5)7-2/h1H,(H2,5,6). The van der Waals surface area contributed by atoms with E-state index in [1.54, 1.807) is 6.20 Å². The first kappa shape index (κ1) is 5.30. The van der Waals surface area contributed by atoms with Gasteiger partial charge in [0.1, 0.15) is 0 Å². The van der Waals surface area contributed by atoms with E-state index < -0.39 is 0 Å². The molecule has 0 fully saturated rings. The average Bonchev–Trinajstić information content (AvgIpc) is 1.87. The van der Waals surface area contributed by atoms with Crippen LogP contribution in [0.4, 0.5) is 5.13 Å². The van der Waals surface area contributed by atoms with Gasteiger partial charge in [-0.2, -0.15) is 0 Å². The molecule has 0 aliphatic carbocycles. The molecule has 38 valence electrons. The smallest absolute Gasteiger partial charge is 0.180 e. The number of hydrogen-bond donors (Lipinski definition) is 1. The lowest BCUT2D eigenvalue weighted by Crippen LogP contribution is -1.77. The van der Waals surface area contributed by atoms with Crippen molar-refractivity contribution in [1.29, 1.82) is 0 Å². The number of nitrogens with zero attached hydrogens (tertiary/aromatic N) is 1. The fourth-order valence-electron chi connectivity index (χ4n) is 0.267. The van der Waals surface area contributed by atoms with E-state index in [1.165, 1.54) is 11.3 Å². The third-order valence-electron chi connectivity index (χ3n) is 0.495. The zero-order valence-corrected chi connectivity index (χ0v) is 6.36. The molecule has 1 aromatic heterocycles. The Morgan fingerprint density at radius 3 is 2.71 bits per heavy atom. The lowest BCUT2D eigenvalue weighted by atomic mass is 11.0. The quantitative estimate of drug-likeness (QED) is 0.677. The van der Waals surface area contributed by atoms with E-state index in [-0.39, 0.29) is 0 Å². The molecule has 0 aliphatic rings. The van der Waals surface area contributed by atoms with Crippen molar-refractivity contribution in [3.05, 3.63) is 9.08 Å². The van der Waals surface area contributed by atoms with Crippen molar-refractivity contribution in [2.75, 3.05) is 5.73 Å². The molecular weight excluding hydrogens is 223 g/mol. The van der Waals surface area contributed by atoms with Crippen molar-refractivity contribution in [2.24, 2.45) is 0 Å². The van der Waals surface area contributed by atoms with E-state index in [9.17, 15) is 0 Å². The van der Waals surface area contributed by atoms with Gasteiger partial charge in [-0.25, -0.2) is 4.98 Å². The number of aromatic nitrogens is 1. The highest BCUT2D eigenvalue weighted by Gasteiger charge is 1.88. The van der Waals surface area contributed by atoms with E-state index >= 15 is 0 Å². The van der Waals surface area contributed by atoms with E-state index in [2.05, 4.69) is 27.6 Å². The van der Waals surface area contributed by atoms with E-state index in [4.69, 9.17) is 5.73 Å². The Morgan fingerprint density at radius 2 is 2.57 bits per heavy atom. The Morgan fingerprint density at radius 1 is 1.86 bits per heavy atom. The molecule has 1 aromatic rings. The maximum atomic E-state index is 5.28. The second-order valence-electron chi connectivity index (χ2n) is 1.00. The van der Waals surface area contributed by atoms with Gasteiger partial charge in [-0.15, -0.1) is 0 Å². The summed E-state index contributed by atoms with van der Waals surface area (Å²) in [5, 5.41) is 0.643. The summed E-state index contributed by atoms with van der Waals surface area (Å²) in [6.07, 6.45) is 1.75. The fraction of sp³-hybridized carbons (Fsp3) is 0. The molecule has 0 amide bonds. The normalized spacial score (nSPS) is 9.29. The first-order valence-electron chi connectivity index (χ1n) is 1.66. The summed E-state index contributed by atoms with van der Waals surface area (Å²) in [5.74, 6) is 0. The van der Waals surface area contributed by atoms with Gasteiger partial charge >= 0.3 is 0 Å². The summed E-state index contributed by atoms with van der Waals surface area (Å²) in [5.41, 5.74) is 5.28. The summed E-state index contributed by atoms with van der Waals surface area (Å²) in [6.45, 7) is 0. The summed E-state index contributed by atoms with van der Waals surface area (Å²) < 4.78 is 1.13. The summed E-state index contributed by atoms with van der Waals surface area (Å²) >= 11 is 3.67. The molecule has 0 saturated carbocycles. The molecule has 2 nitrogen and oxygen atoms in total. The van der Waals surface area contributed by atoms with E-state index in [0.717, 1.165) is 2.88 Å². The Bertz CT molecular complexity index is 145. The van der Waals surface area contributed by atoms with Gasteiger partial charge in [0.2, 0.25) is 0 Å². The number of thiazole rings is 1. The van der Waals surface area contributed by atoms with Crippen LogP contribution in [-0.2, 0) is 0 Å². The van der Waals surface area contributed by atoms with Crippen LogP contribution in [0.5, 0.6) is 0 Å². The Balaban J connectivity index is 3.04. The van der Waals surface area contributed by atoms with Crippen LogP contribution in [0.15, 0.2) is 6.20 Å². The van der Waals surface area contributed by atoms with Crippen molar-refractivity contribution >= 4 is 39.1 Å². The minimum absolute atomic E-state index is 0.643. The van der Waals surface area contributed by atoms with Crippen LogP contribution in [0.2, 0.25) is 0 Å². The number of anilines is 1. The van der Waals surface area contributed by atoms with Crippen molar-refractivity contribution in [3.63, 3.8) is 0 Å². The van der Waals surface area contributed by atoms with Gasteiger partial charge in [0, 0.05) is 0 Å². The van der Waals surface area contributed by atoms with Gasteiger partial charge in [0.25, 0.3) is 0 Å². The molecule has 0 saturated heterocycles. The molecule has 1 heterocycles. The monoisotopic (exact) mass is 226 g/mol. The van der Waals surface area contributed by atoms with Gasteiger partial charge in [-0.1, -0.05) is 11.3 Å². The Labute approximate surface area is 58.9 Å². The predicted octanol–water partition coefficient (Wildman–Crippen LogP) is 1.33. The van der Waals surface area contributed by atoms with Gasteiger partial charge in [0.05, 0.1) is 9.08 Å². The third kappa shape index (κ3) is 1.27. The predicted molar refractivity (Wildman–Crippen MR) is 39.2 cm³/mol. The minimum Gasteiger partial charge on any atom is -0.375 e. The fourth-order valence-corrected chi connectivity index (χ4v) is 1.49. The van der Waals surface area contributed by atoms with Gasteiger partial charge in [-0.05, 0) is 22.6 Å². The van der Waals surface area contributed by atoms with Crippen LogP contribution in [0, 0.1) is 2.88 Å². The molecule has 4 heteroatoms. The van der Waals surface area contributed by atoms with Crippen molar-refractivity contribution in [1.82, 2.24) is 4.98 Å². The third-order valence-corrected chi connectivity index (χ3v) is 2.05. The molecule has 0 unspecified atom stereocenters. The van der Waals surface area contributed by atoms with E-state index in [1.807, 2.05) is 0 Å². The number of halogens is 1.